The summed E-state index contributed by atoms with van der Waals surface area (Å²) in [6.07, 6.45) is 6.94. The first kappa shape index (κ1) is 17.5. The van der Waals surface area contributed by atoms with Crippen LogP contribution in [0.5, 0.6) is 5.75 Å². The third kappa shape index (κ3) is 3.76. The van der Waals surface area contributed by atoms with Crippen molar-refractivity contribution in [2.45, 2.75) is 50.7 Å². The van der Waals surface area contributed by atoms with Crippen LogP contribution in [0.2, 0.25) is 0 Å². The summed E-state index contributed by atoms with van der Waals surface area (Å²) in [5.41, 5.74) is 0.901. The maximum Gasteiger partial charge on any atom is 0.244 e. The molecule has 1 saturated heterocycles. The highest BCUT2D eigenvalue weighted by molar-refractivity contribution is 5.55. The first-order valence-electron chi connectivity index (χ1n) is 9.63. The van der Waals surface area contributed by atoms with Crippen molar-refractivity contribution in [3.8, 4) is 17.1 Å². The van der Waals surface area contributed by atoms with Crippen LogP contribution in [0, 0.1) is 5.92 Å². The molecule has 0 amide bonds. The second kappa shape index (κ2) is 7.76. The van der Waals surface area contributed by atoms with E-state index in [0.29, 0.717) is 24.7 Å². The Bertz CT molecular complexity index is 709. The molecule has 1 saturated carbocycles. The third-order valence-electron chi connectivity index (χ3n) is 5.67. The predicted octanol–water partition coefficient (Wildman–Crippen LogP) is 3.43. The van der Waals surface area contributed by atoms with Crippen molar-refractivity contribution < 1.29 is 14.4 Å². The van der Waals surface area contributed by atoms with Crippen molar-refractivity contribution in [1.82, 2.24) is 15.0 Å². The van der Waals surface area contributed by atoms with Crippen LogP contribution in [0.3, 0.4) is 0 Å². The van der Waals surface area contributed by atoms with Crippen LogP contribution in [-0.4, -0.2) is 46.5 Å². The number of likely N-dealkylation sites (tertiary alicyclic amines) is 1. The van der Waals surface area contributed by atoms with Crippen molar-refractivity contribution in [2.24, 2.45) is 5.92 Å². The van der Waals surface area contributed by atoms with E-state index >= 15 is 0 Å². The third-order valence-corrected chi connectivity index (χ3v) is 5.67. The van der Waals surface area contributed by atoms with Crippen LogP contribution < -0.4 is 4.74 Å². The summed E-state index contributed by atoms with van der Waals surface area (Å²) in [5, 5.41) is 14.4. The Morgan fingerprint density at radius 3 is 2.69 bits per heavy atom. The number of aromatic nitrogens is 2. The highest BCUT2D eigenvalue weighted by Gasteiger charge is 2.37. The molecule has 2 aromatic rings. The fourth-order valence-electron chi connectivity index (χ4n) is 4.27. The lowest BCUT2D eigenvalue weighted by molar-refractivity contribution is 0.147. The van der Waals surface area contributed by atoms with E-state index in [1.54, 1.807) is 7.11 Å². The highest BCUT2D eigenvalue weighted by Crippen LogP contribution is 2.35. The molecule has 1 N–H and O–H groups in total. The summed E-state index contributed by atoms with van der Waals surface area (Å²) < 4.78 is 10.8. The summed E-state index contributed by atoms with van der Waals surface area (Å²) in [6, 6.07) is 7.65. The zero-order chi connectivity index (χ0) is 17.9. The SMILES string of the molecule is COc1ccc(-c2noc(C3CC(O)CN3CC3CCCCC3)n2)cc1. The normalized spacial score (nSPS) is 24.8. The smallest absolute Gasteiger partial charge is 0.244 e. The van der Waals surface area contributed by atoms with E-state index in [0.717, 1.165) is 23.8 Å². The van der Waals surface area contributed by atoms with Crippen LogP contribution in [0.15, 0.2) is 28.8 Å². The molecule has 2 atom stereocenters. The first-order valence-corrected chi connectivity index (χ1v) is 9.63. The number of β-amino-alcohol motifs (C(OH)–C–C–N with tert-alkyl or cyclic N) is 1. The van der Waals surface area contributed by atoms with Gasteiger partial charge in [-0.05, 0) is 49.4 Å². The molecule has 6 nitrogen and oxygen atoms in total. The number of rotatable bonds is 5. The molecular formula is C20H27N3O3. The Labute approximate surface area is 154 Å². The number of nitrogens with zero attached hydrogens (tertiary/aromatic N) is 3. The fraction of sp³-hybridized carbons (Fsp3) is 0.600. The van der Waals surface area contributed by atoms with Crippen molar-refractivity contribution in [3.63, 3.8) is 0 Å². The van der Waals surface area contributed by atoms with Crippen molar-refractivity contribution in [1.29, 1.82) is 0 Å². The predicted molar refractivity (Wildman–Crippen MR) is 97.8 cm³/mol. The van der Waals surface area contributed by atoms with Gasteiger partial charge < -0.3 is 14.4 Å². The molecule has 1 aliphatic heterocycles. The highest BCUT2D eigenvalue weighted by atomic mass is 16.5. The molecule has 2 aliphatic rings. The number of ether oxygens (including phenoxy) is 1. The molecule has 0 spiro atoms. The lowest BCUT2D eigenvalue weighted by Crippen LogP contribution is -2.31. The molecule has 26 heavy (non-hydrogen) atoms. The fourth-order valence-corrected chi connectivity index (χ4v) is 4.27. The average molecular weight is 357 g/mol. The number of hydrogen-bond donors (Lipinski definition) is 1. The Morgan fingerprint density at radius 2 is 1.96 bits per heavy atom. The van der Waals surface area contributed by atoms with E-state index in [1.165, 1.54) is 32.1 Å². The maximum atomic E-state index is 10.2. The Balaban J connectivity index is 1.48. The van der Waals surface area contributed by atoms with Gasteiger partial charge >= 0.3 is 0 Å². The van der Waals surface area contributed by atoms with Gasteiger partial charge in [0.15, 0.2) is 0 Å². The molecule has 1 aromatic heterocycles. The molecule has 0 bridgehead atoms. The van der Waals surface area contributed by atoms with Gasteiger partial charge in [-0.2, -0.15) is 4.98 Å². The molecular weight excluding hydrogens is 330 g/mol. The standard InChI is InChI=1S/C20H27N3O3/c1-25-17-9-7-15(8-10-17)19-21-20(26-22-19)18-11-16(24)13-23(18)12-14-5-3-2-4-6-14/h7-10,14,16,18,24H,2-6,11-13H2,1H3. The average Bonchev–Trinajstić information content (AvgIpc) is 3.29. The number of benzene rings is 1. The Kier molecular flexibility index (Phi) is 5.22. The van der Waals surface area contributed by atoms with Gasteiger partial charge in [-0.3, -0.25) is 4.90 Å². The largest absolute Gasteiger partial charge is 0.497 e. The summed E-state index contributed by atoms with van der Waals surface area (Å²) in [5.74, 6) is 2.72. The summed E-state index contributed by atoms with van der Waals surface area (Å²) in [4.78, 5) is 6.96. The first-order chi connectivity index (χ1) is 12.7. The van der Waals surface area contributed by atoms with E-state index in [4.69, 9.17) is 9.26 Å². The van der Waals surface area contributed by atoms with E-state index < -0.39 is 0 Å². The minimum absolute atomic E-state index is 0.0198. The van der Waals surface area contributed by atoms with Gasteiger partial charge in [-0.15, -0.1) is 0 Å². The van der Waals surface area contributed by atoms with Gasteiger partial charge in [0.25, 0.3) is 0 Å². The van der Waals surface area contributed by atoms with Gasteiger partial charge in [-0.1, -0.05) is 24.4 Å². The second-order valence-corrected chi connectivity index (χ2v) is 7.55. The summed E-state index contributed by atoms with van der Waals surface area (Å²) in [7, 11) is 1.65. The lowest BCUT2D eigenvalue weighted by atomic mass is 9.89. The van der Waals surface area contributed by atoms with Crippen LogP contribution >= 0.6 is 0 Å². The quantitative estimate of drug-likeness (QED) is 0.884. The minimum atomic E-state index is -0.320. The second-order valence-electron chi connectivity index (χ2n) is 7.55. The topological polar surface area (TPSA) is 71.6 Å². The summed E-state index contributed by atoms with van der Waals surface area (Å²) >= 11 is 0. The van der Waals surface area contributed by atoms with Gasteiger partial charge in [0.2, 0.25) is 11.7 Å². The van der Waals surface area contributed by atoms with Crippen molar-refractivity contribution in [3.05, 3.63) is 30.2 Å². The molecule has 6 heteroatoms. The van der Waals surface area contributed by atoms with Gasteiger partial charge in [0.05, 0.1) is 19.3 Å². The zero-order valence-corrected chi connectivity index (χ0v) is 15.3. The van der Waals surface area contributed by atoms with Gasteiger partial charge in [-0.25, -0.2) is 0 Å². The number of aliphatic hydroxyl groups is 1. The molecule has 1 aliphatic carbocycles. The maximum absolute atomic E-state index is 10.2. The van der Waals surface area contributed by atoms with E-state index in [1.807, 2.05) is 24.3 Å². The van der Waals surface area contributed by atoms with Crippen LogP contribution in [0.4, 0.5) is 0 Å². The zero-order valence-electron chi connectivity index (χ0n) is 15.3. The molecule has 2 unspecified atom stereocenters. The Morgan fingerprint density at radius 1 is 1.19 bits per heavy atom. The summed E-state index contributed by atoms with van der Waals surface area (Å²) in [6.45, 7) is 1.71. The molecule has 1 aromatic carbocycles. The van der Waals surface area contributed by atoms with E-state index in [2.05, 4.69) is 15.0 Å². The van der Waals surface area contributed by atoms with Crippen LogP contribution in [-0.2, 0) is 0 Å². The number of methoxy groups -OCH3 is 1. The molecule has 140 valence electrons. The van der Waals surface area contributed by atoms with Crippen LogP contribution in [0.1, 0.15) is 50.5 Å². The number of hydrogen-bond acceptors (Lipinski definition) is 6. The molecule has 4 rings (SSSR count). The monoisotopic (exact) mass is 357 g/mol. The molecule has 2 heterocycles. The van der Waals surface area contributed by atoms with E-state index in [-0.39, 0.29) is 12.1 Å². The van der Waals surface area contributed by atoms with E-state index in [9.17, 15) is 5.11 Å². The molecule has 0 radical (unpaired) electrons. The van der Waals surface area contributed by atoms with Crippen molar-refractivity contribution in [2.75, 3.05) is 20.2 Å². The number of aliphatic hydroxyl groups excluding tert-OH is 1. The van der Waals surface area contributed by atoms with Gasteiger partial charge in [0.1, 0.15) is 5.75 Å². The van der Waals surface area contributed by atoms with Crippen LogP contribution in [0.25, 0.3) is 11.4 Å². The lowest BCUT2D eigenvalue weighted by Gasteiger charge is -2.29. The molecule has 2 fully saturated rings. The minimum Gasteiger partial charge on any atom is -0.497 e. The Hall–Kier alpha value is -1.92. The van der Waals surface area contributed by atoms with Crippen molar-refractivity contribution >= 4 is 0 Å². The van der Waals surface area contributed by atoms with Gasteiger partial charge in [0, 0.05) is 18.7 Å².